The highest BCUT2D eigenvalue weighted by Crippen LogP contribution is 2.13. The fourth-order valence-corrected chi connectivity index (χ4v) is 1.79. The molecule has 0 unspecified atom stereocenters. The lowest BCUT2D eigenvalue weighted by Gasteiger charge is -2.07. The molecule has 0 fully saturated rings. The zero-order valence-corrected chi connectivity index (χ0v) is 13.0. The number of nitrogens with two attached hydrogens (primary N) is 1. The van der Waals surface area contributed by atoms with Crippen LogP contribution < -0.4 is 15.8 Å². The van der Waals surface area contributed by atoms with Gasteiger partial charge in [-0.2, -0.15) is 0 Å². The van der Waals surface area contributed by atoms with Crippen molar-refractivity contribution in [2.75, 3.05) is 18.5 Å². The van der Waals surface area contributed by atoms with Gasteiger partial charge >= 0.3 is 5.97 Å². The molecule has 2 aromatic rings. The molecule has 25 heavy (non-hydrogen) atoms. The summed E-state index contributed by atoms with van der Waals surface area (Å²) < 4.78 is 22.7. The van der Waals surface area contributed by atoms with Crippen molar-refractivity contribution in [2.24, 2.45) is 5.73 Å². The molecule has 0 heterocycles. The second kappa shape index (κ2) is 8.44. The predicted octanol–water partition coefficient (Wildman–Crippen LogP) is 1.49. The van der Waals surface area contributed by atoms with E-state index < -0.39 is 30.2 Å². The van der Waals surface area contributed by atoms with Gasteiger partial charge in [0.15, 0.2) is 13.2 Å². The topological polar surface area (TPSA) is 108 Å². The van der Waals surface area contributed by atoms with Crippen molar-refractivity contribution >= 4 is 23.5 Å². The number of carbonyl (C=O) groups excluding carboxylic acids is 3. The fraction of sp³-hybridized carbons (Fsp3) is 0.118. The van der Waals surface area contributed by atoms with Gasteiger partial charge in [-0.1, -0.05) is 0 Å². The van der Waals surface area contributed by atoms with Gasteiger partial charge in [0, 0.05) is 5.69 Å². The zero-order valence-electron chi connectivity index (χ0n) is 13.0. The van der Waals surface area contributed by atoms with Gasteiger partial charge in [-0.25, -0.2) is 9.18 Å². The zero-order chi connectivity index (χ0) is 18.2. The number of nitrogens with one attached hydrogen (secondary N) is 1. The van der Waals surface area contributed by atoms with Crippen molar-refractivity contribution < 1.29 is 28.2 Å². The first-order valence-corrected chi connectivity index (χ1v) is 7.18. The molecule has 130 valence electrons. The monoisotopic (exact) mass is 346 g/mol. The van der Waals surface area contributed by atoms with Crippen LogP contribution in [0.1, 0.15) is 10.4 Å². The molecule has 2 rings (SSSR count). The third-order valence-electron chi connectivity index (χ3n) is 2.93. The van der Waals surface area contributed by atoms with Crippen molar-refractivity contribution in [1.29, 1.82) is 0 Å². The van der Waals surface area contributed by atoms with E-state index >= 15 is 0 Å². The maximum atomic E-state index is 12.8. The standard InChI is InChI=1S/C17H15FN2O5/c18-12-3-5-13(6-4-12)20-16(22)10-25-17(23)11-1-7-14(8-2-11)24-9-15(19)21/h1-8H,9-10H2,(H2,19,21)(H,20,22). The van der Waals surface area contributed by atoms with Gasteiger partial charge in [0.25, 0.3) is 11.8 Å². The lowest BCUT2D eigenvalue weighted by molar-refractivity contribution is -0.120. The molecule has 3 N–H and O–H groups in total. The molecule has 7 nitrogen and oxygen atoms in total. The Bertz CT molecular complexity index is 760. The summed E-state index contributed by atoms with van der Waals surface area (Å²) in [6.07, 6.45) is 0. The molecule has 2 amide bonds. The summed E-state index contributed by atoms with van der Waals surface area (Å²) in [4.78, 5) is 34.2. The summed E-state index contributed by atoms with van der Waals surface area (Å²) in [7, 11) is 0. The number of amides is 2. The molecule has 0 bridgehead atoms. The Kier molecular flexibility index (Phi) is 6.05. The lowest BCUT2D eigenvalue weighted by atomic mass is 10.2. The number of halogens is 1. The fourth-order valence-electron chi connectivity index (χ4n) is 1.79. The van der Waals surface area contributed by atoms with E-state index in [0.29, 0.717) is 11.4 Å². The maximum Gasteiger partial charge on any atom is 0.338 e. The first kappa shape index (κ1) is 17.9. The summed E-state index contributed by atoms with van der Waals surface area (Å²) in [6.45, 7) is -0.760. The Hall–Kier alpha value is -3.42. The third kappa shape index (κ3) is 5.94. The summed E-state index contributed by atoms with van der Waals surface area (Å²) >= 11 is 0. The molecule has 0 saturated heterocycles. The number of hydrogen-bond acceptors (Lipinski definition) is 5. The van der Waals surface area contributed by atoms with Gasteiger partial charge in [-0.15, -0.1) is 0 Å². The van der Waals surface area contributed by atoms with Crippen molar-refractivity contribution in [1.82, 2.24) is 0 Å². The molecule has 0 aliphatic heterocycles. The van der Waals surface area contributed by atoms with Gasteiger partial charge in [0.2, 0.25) is 0 Å². The van der Waals surface area contributed by atoms with Gasteiger partial charge in [-0.3, -0.25) is 9.59 Å². The van der Waals surface area contributed by atoms with E-state index in [1.54, 1.807) is 0 Å². The largest absolute Gasteiger partial charge is 0.484 e. The predicted molar refractivity (Wildman–Crippen MR) is 86.4 cm³/mol. The van der Waals surface area contributed by atoms with Crippen LogP contribution in [0.4, 0.5) is 10.1 Å². The van der Waals surface area contributed by atoms with Crippen LogP contribution in [0.15, 0.2) is 48.5 Å². The van der Waals surface area contributed by atoms with Crippen LogP contribution in [0, 0.1) is 5.82 Å². The minimum absolute atomic E-state index is 0.209. The SMILES string of the molecule is NC(=O)COc1ccc(C(=O)OCC(=O)Nc2ccc(F)cc2)cc1. The molecule has 0 saturated carbocycles. The van der Waals surface area contributed by atoms with E-state index in [1.165, 1.54) is 48.5 Å². The van der Waals surface area contributed by atoms with E-state index in [2.05, 4.69) is 5.32 Å². The van der Waals surface area contributed by atoms with Crippen LogP contribution in [0.5, 0.6) is 5.75 Å². The van der Waals surface area contributed by atoms with Crippen LogP contribution in [0.2, 0.25) is 0 Å². The average molecular weight is 346 g/mol. The molecular formula is C17H15FN2O5. The molecular weight excluding hydrogens is 331 g/mol. The van der Waals surface area contributed by atoms with Crippen molar-refractivity contribution in [3.8, 4) is 5.75 Å². The Morgan fingerprint density at radius 1 is 0.960 bits per heavy atom. The number of hydrogen-bond donors (Lipinski definition) is 2. The summed E-state index contributed by atoms with van der Waals surface area (Å²) in [5.41, 5.74) is 5.55. The van der Waals surface area contributed by atoms with Gasteiger partial charge in [0.05, 0.1) is 5.56 Å². The van der Waals surface area contributed by atoms with Gasteiger partial charge in [-0.05, 0) is 48.5 Å². The molecule has 0 spiro atoms. The highest BCUT2D eigenvalue weighted by atomic mass is 19.1. The number of esters is 1. The number of rotatable bonds is 7. The normalized spacial score (nSPS) is 9.96. The maximum absolute atomic E-state index is 12.8. The van der Waals surface area contributed by atoms with Gasteiger partial charge < -0.3 is 20.5 Å². The second-order valence-electron chi connectivity index (χ2n) is 4.91. The molecule has 0 aliphatic rings. The Labute approximate surface area is 142 Å². The van der Waals surface area contributed by atoms with E-state index in [9.17, 15) is 18.8 Å². The second-order valence-corrected chi connectivity index (χ2v) is 4.91. The van der Waals surface area contributed by atoms with E-state index in [-0.39, 0.29) is 12.2 Å². The van der Waals surface area contributed by atoms with Crippen LogP contribution >= 0.6 is 0 Å². The van der Waals surface area contributed by atoms with E-state index in [0.717, 1.165) is 0 Å². The van der Waals surface area contributed by atoms with Crippen molar-refractivity contribution in [3.63, 3.8) is 0 Å². The highest BCUT2D eigenvalue weighted by Gasteiger charge is 2.11. The average Bonchev–Trinajstić information content (AvgIpc) is 2.60. The molecule has 2 aromatic carbocycles. The molecule has 0 atom stereocenters. The van der Waals surface area contributed by atoms with Crippen molar-refractivity contribution in [3.05, 3.63) is 59.9 Å². The number of carbonyl (C=O) groups is 3. The molecule has 0 radical (unpaired) electrons. The summed E-state index contributed by atoms with van der Waals surface area (Å²) in [6, 6.07) is 11.0. The molecule has 0 aromatic heterocycles. The first-order chi connectivity index (χ1) is 11.9. The van der Waals surface area contributed by atoms with E-state index in [4.69, 9.17) is 15.2 Å². The smallest absolute Gasteiger partial charge is 0.338 e. The van der Waals surface area contributed by atoms with Gasteiger partial charge in [0.1, 0.15) is 11.6 Å². The highest BCUT2D eigenvalue weighted by molar-refractivity contribution is 5.95. The number of ether oxygens (including phenoxy) is 2. The Morgan fingerprint density at radius 2 is 1.60 bits per heavy atom. The summed E-state index contributed by atoms with van der Waals surface area (Å²) in [5.74, 6) is -1.93. The minimum Gasteiger partial charge on any atom is -0.484 e. The molecule has 8 heteroatoms. The third-order valence-corrected chi connectivity index (χ3v) is 2.93. The van der Waals surface area contributed by atoms with Crippen LogP contribution in [0.25, 0.3) is 0 Å². The Morgan fingerprint density at radius 3 is 2.20 bits per heavy atom. The van der Waals surface area contributed by atoms with Crippen LogP contribution in [0.3, 0.4) is 0 Å². The van der Waals surface area contributed by atoms with E-state index in [1.807, 2.05) is 0 Å². The van der Waals surface area contributed by atoms with Crippen LogP contribution in [-0.4, -0.2) is 31.0 Å². The summed E-state index contributed by atoms with van der Waals surface area (Å²) in [5, 5.41) is 2.47. The Balaban J connectivity index is 1.81. The number of primary amides is 1. The lowest BCUT2D eigenvalue weighted by Crippen LogP contribution is -2.21. The van der Waals surface area contributed by atoms with Crippen LogP contribution in [-0.2, 0) is 14.3 Å². The number of benzene rings is 2. The quantitative estimate of drug-likeness (QED) is 0.739. The first-order valence-electron chi connectivity index (χ1n) is 7.18. The van der Waals surface area contributed by atoms with Crippen molar-refractivity contribution in [2.45, 2.75) is 0 Å². The molecule has 0 aliphatic carbocycles. The minimum atomic E-state index is -0.698. The number of anilines is 1.